The Balaban J connectivity index is 1.36. The van der Waals surface area contributed by atoms with Gasteiger partial charge in [0.2, 0.25) is 5.41 Å². The van der Waals surface area contributed by atoms with Crippen molar-refractivity contribution in [1.82, 2.24) is 0 Å². The zero-order chi connectivity index (χ0) is 51.0. The molecule has 4 unspecified atom stereocenters. The monoisotopic (exact) mass is 1030 g/mol. The van der Waals surface area contributed by atoms with Crippen LogP contribution < -0.4 is 18.9 Å². The number of methoxy groups -OCH3 is 1. The Morgan fingerprint density at radius 2 is 0.836 bits per heavy atom. The van der Waals surface area contributed by atoms with Crippen molar-refractivity contribution < 1.29 is 124 Å². The summed E-state index contributed by atoms with van der Waals surface area (Å²) < 4.78 is 349. The number of hydrogen-bond donors (Lipinski definition) is 2. The lowest BCUT2D eigenvalue weighted by atomic mass is 9.69. The van der Waals surface area contributed by atoms with Crippen LogP contribution in [0.5, 0.6) is 23.0 Å². The fourth-order valence-corrected chi connectivity index (χ4v) is 8.45. The molecule has 0 heterocycles. The van der Waals surface area contributed by atoms with E-state index in [0.29, 0.717) is 37.4 Å². The Kier molecular flexibility index (Phi) is 11.3. The minimum absolute atomic E-state index is 0.0557. The quantitative estimate of drug-likeness (QED) is 0.104. The van der Waals surface area contributed by atoms with Crippen LogP contribution in [0, 0.1) is 0 Å². The maximum atomic E-state index is 16.2. The molecule has 2 aliphatic rings. The molecule has 0 amide bonds. The summed E-state index contributed by atoms with van der Waals surface area (Å²) in [6, 6.07) is 2.32. The molecule has 4 aromatic rings. The summed E-state index contributed by atoms with van der Waals surface area (Å²) in [7, 11) is -10.8. The SMILES string of the molecule is COc1ccc(C(c2ccc(OC3(F)C(F)(F)C(F)(F)C3(F)Oc3ccc(-c4ccc(OC5(F)C(C)(F)C(F)(F)C5(F)F)cc4)cc3S(=O)(=O)O)cc2)(C(F)(F)F)C(F)(F)F)cc1S(=O)(=O)O. The third-order valence-electron chi connectivity index (χ3n) is 10.8. The van der Waals surface area contributed by atoms with Gasteiger partial charge in [-0.05, 0) is 77.7 Å². The van der Waals surface area contributed by atoms with Gasteiger partial charge in [0.25, 0.3) is 25.9 Å². The molecule has 2 aliphatic carbocycles. The minimum atomic E-state index is -6.54. The van der Waals surface area contributed by atoms with Gasteiger partial charge in [0.15, 0.2) is 0 Å². The summed E-state index contributed by atoms with van der Waals surface area (Å²) in [4.78, 5) is -3.47. The molecule has 4 atom stereocenters. The van der Waals surface area contributed by atoms with Gasteiger partial charge in [0.05, 0.1) is 7.11 Å². The summed E-state index contributed by atoms with van der Waals surface area (Å²) in [5, 5.41) is 0. The van der Waals surface area contributed by atoms with E-state index in [1.807, 2.05) is 0 Å². The molecule has 0 aliphatic heterocycles. The second kappa shape index (κ2) is 14.8. The first kappa shape index (κ1) is 51.0. The third-order valence-corrected chi connectivity index (χ3v) is 12.5. The molecular formula is C37H22F18O10S2. The molecule has 0 bridgehead atoms. The van der Waals surface area contributed by atoms with Crippen LogP contribution in [-0.2, 0) is 25.7 Å². The molecule has 6 rings (SSSR count). The highest BCUT2D eigenvalue weighted by Crippen LogP contribution is 2.70. The van der Waals surface area contributed by atoms with Gasteiger partial charge in [-0.25, -0.2) is 4.39 Å². The fraction of sp³-hybridized carbons (Fsp3) is 0.351. The van der Waals surface area contributed by atoms with Crippen molar-refractivity contribution in [1.29, 1.82) is 0 Å². The highest BCUT2D eigenvalue weighted by atomic mass is 32.2. The standard InChI is InChI=1S/C37H22F18O10S2/c1-27(38)29(39,40)30(41,42)33(27,47)63-21-9-3-17(4-10-21)18-5-13-24(25(15-18)66(56,57)58)65-35(49)32(45,46)31(43,44)34(35,48)64-22-11-6-19(7-12-22)28(36(50,51)52,37(53,54)55)20-8-14-23(62-2)26(16-20)67(59,60)61/h3-16H,1-2H3,(H,56,57,58)(H,59,60,61). The van der Waals surface area contributed by atoms with E-state index >= 15 is 8.78 Å². The van der Waals surface area contributed by atoms with Crippen LogP contribution in [0.15, 0.2) is 94.7 Å². The van der Waals surface area contributed by atoms with Gasteiger partial charge in [-0.2, -0.15) is 91.5 Å². The fourth-order valence-electron chi connectivity index (χ4n) is 7.13. The first-order valence-electron chi connectivity index (χ1n) is 17.5. The van der Waals surface area contributed by atoms with Crippen molar-refractivity contribution >= 4 is 20.2 Å². The second-order valence-electron chi connectivity index (χ2n) is 14.7. The van der Waals surface area contributed by atoms with Gasteiger partial charge in [0.1, 0.15) is 32.8 Å². The predicted octanol–water partition coefficient (Wildman–Crippen LogP) is 10.4. The van der Waals surface area contributed by atoms with Crippen LogP contribution in [0.25, 0.3) is 11.1 Å². The summed E-state index contributed by atoms with van der Waals surface area (Å²) in [6.07, 6.45) is -13.1. The van der Waals surface area contributed by atoms with Crippen LogP contribution in [-0.4, -0.2) is 92.3 Å². The largest absolute Gasteiger partial charge is 0.495 e. The van der Waals surface area contributed by atoms with Crippen LogP contribution in [0.2, 0.25) is 0 Å². The van der Waals surface area contributed by atoms with Crippen molar-refractivity contribution in [3.05, 3.63) is 96.1 Å². The van der Waals surface area contributed by atoms with E-state index in [2.05, 4.69) is 18.9 Å². The second-order valence-corrected chi connectivity index (χ2v) is 17.4. The number of ether oxygens (including phenoxy) is 4. The summed E-state index contributed by atoms with van der Waals surface area (Å²) in [6.45, 7) is -0.232. The van der Waals surface area contributed by atoms with Gasteiger partial charge < -0.3 is 18.9 Å². The third kappa shape index (κ3) is 6.76. The average Bonchev–Trinajstić information content (AvgIpc) is 3.19. The average molecular weight is 1030 g/mol. The Morgan fingerprint density at radius 1 is 0.463 bits per heavy atom. The van der Waals surface area contributed by atoms with Crippen LogP contribution >= 0.6 is 0 Å². The summed E-state index contributed by atoms with van der Waals surface area (Å²) in [5.41, 5.74) is -14.9. The molecule has 2 fully saturated rings. The molecular weight excluding hydrogens is 1010 g/mol. The van der Waals surface area contributed by atoms with Gasteiger partial charge in [-0.1, -0.05) is 36.4 Å². The molecule has 4 aromatic carbocycles. The van der Waals surface area contributed by atoms with Crippen LogP contribution in [0.1, 0.15) is 18.1 Å². The molecule has 10 nitrogen and oxygen atoms in total. The van der Waals surface area contributed by atoms with E-state index in [1.54, 1.807) is 0 Å². The topological polar surface area (TPSA) is 146 Å². The number of alkyl halides is 18. The Bertz CT molecular complexity index is 2800. The molecule has 0 radical (unpaired) electrons. The maximum absolute atomic E-state index is 16.2. The van der Waals surface area contributed by atoms with Gasteiger partial charge in [-0.3, -0.25) is 9.11 Å². The Labute approximate surface area is 362 Å². The normalized spacial score (nSPS) is 26.7. The van der Waals surface area contributed by atoms with E-state index in [4.69, 9.17) is 0 Å². The van der Waals surface area contributed by atoms with E-state index in [9.17, 15) is 96.2 Å². The summed E-state index contributed by atoms with van der Waals surface area (Å²) in [5.74, 6) is -46.6. The summed E-state index contributed by atoms with van der Waals surface area (Å²) >= 11 is 0. The van der Waals surface area contributed by atoms with Crippen molar-refractivity contribution in [3.63, 3.8) is 0 Å². The molecule has 67 heavy (non-hydrogen) atoms. The minimum Gasteiger partial charge on any atom is -0.495 e. The maximum Gasteiger partial charge on any atom is 0.411 e. The van der Waals surface area contributed by atoms with Gasteiger partial charge in [-0.15, -0.1) is 0 Å². The molecule has 2 N–H and O–H groups in total. The number of benzene rings is 4. The van der Waals surface area contributed by atoms with E-state index in [-0.39, 0.29) is 61.5 Å². The Hall–Kier alpha value is -5.36. The number of rotatable bonds is 12. The molecule has 0 aromatic heterocycles. The van der Waals surface area contributed by atoms with Crippen molar-refractivity contribution in [3.8, 4) is 34.1 Å². The zero-order valence-electron chi connectivity index (χ0n) is 32.4. The molecule has 30 heteroatoms. The highest BCUT2D eigenvalue weighted by Gasteiger charge is 3.03. The molecule has 0 saturated heterocycles. The lowest BCUT2D eigenvalue weighted by Gasteiger charge is -2.55. The first-order valence-corrected chi connectivity index (χ1v) is 20.4. The number of halogens is 18. The van der Waals surface area contributed by atoms with Crippen molar-refractivity contribution in [2.45, 2.75) is 81.4 Å². The van der Waals surface area contributed by atoms with Gasteiger partial charge >= 0.3 is 53.6 Å². The molecule has 2 saturated carbocycles. The predicted molar refractivity (Wildman–Crippen MR) is 187 cm³/mol. The van der Waals surface area contributed by atoms with Crippen molar-refractivity contribution in [2.24, 2.45) is 0 Å². The lowest BCUT2D eigenvalue weighted by molar-refractivity contribution is -0.527. The number of hydrogen-bond acceptors (Lipinski definition) is 8. The lowest BCUT2D eigenvalue weighted by Crippen LogP contribution is -2.89. The van der Waals surface area contributed by atoms with E-state index in [0.717, 1.165) is 0 Å². The molecule has 0 spiro atoms. The first-order chi connectivity index (χ1) is 30.1. The highest BCUT2D eigenvalue weighted by molar-refractivity contribution is 7.86. The molecule has 368 valence electrons. The van der Waals surface area contributed by atoms with Crippen LogP contribution in [0.3, 0.4) is 0 Å². The zero-order valence-corrected chi connectivity index (χ0v) is 34.0. The smallest absolute Gasteiger partial charge is 0.411 e. The Morgan fingerprint density at radius 3 is 1.27 bits per heavy atom. The van der Waals surface area contributed by atoms with Gasteiger partial charge in [0, 0.05) is 0 Å². The van der Waals surface area contributed by atoms with E-state index < -0.39 is 140 Å². The van der Waals surface area contributed by atoms with Crippen molar-refractivity contribution in [2.75, 3.05) is 7.11 Å². The van der Waals surface area contributed by atoms with E-state index in [1.165, 1.54) is 0 Å². The van der Waals surface area contributed by atoms with Crippen LogP contribution in [0.4, 0.5) is 79.0 Å².